The summed E-state index contributed by atoms with van der Waals surface area (Å²) in [6, 6.07) is 2.40. The van der Waals surface area contributed by atoms with E-state index in [-0.39, 0.29) is 6.04 Å². The van der Waals surface area contributed by atoms with Gasteiger partial charge in [0.25, 0.3) is 0 Å². The Balaban J connectivity index is 1.88. The second-order valence-electron chi connectivity index (χ2n) is 7.07. The van der Waals surface area contributed by atoms with Crippen molar-refractivity contribution in [1.29, 1.82) is 0 Å². The van der Waals surface area contributed by atoms with E-state index in [0.29, 0.717) is 29.8 Å². The summed E-state index contributed by atoms with van der Waals surface area (Å²) in [7, 11) is 0. The van der Waals surface area contributed by atoms with Crippen LogP contribution in [0.1, 0.15) is 20.8 Å². The summed E-state index contributed by atoms with van der Waals surface area (Å²) in [6.45, 7) is 8.46. The van der Waals surface area contributed by atoms with Crippen LogP contribution in [0.5, 0.6) is 0 Å². The minimum Gasteiger partial charge on any atom is -0.389 e. The predicted molar refractivity (Wildman–Crippen MR) is 89.0 cm³/mol. The molecule has 130 valence electrons. The Labute approximate surface area is 139 Å². The quantitative estimate of drug-likeness (QED) is 0.931. The second-order valence-corrected chi connectivity index (χ2v) is 7.07. The standard InChI is InChI=1S/C17H22F2N4O/c1-11-8-22(9-17(2,3)24)4-5-23(11)16-12-6-13(18)14(19)7-15(12)20-10-21-16/h6-7,10-11,24H,4-5,8-9H2,1-3H3. The molecule has 24 heavy (non-hydrogen) atoms. The van der Waals surface area contributed by atoms with Gasteiger partial charge in [-0.15, -0.1) is 0 Å². The number of hydrogen-bond acceptors (Lipinski definition) is 5. The summed E-state index contributed by atoms with van der Waals surface area (Å²) in [5.74, 6) is -1.18. The number of nitrogens with zero attached hydrogens (tertiary/aromatic N) is 4. The van der Waals surface area contributed by atoms with Gasteiger partial charge in [0, 0.05) is 43.7 Å². The molecular formula is C17H22F2N4O. The van der Waals surface area contributed by atoms with Crippen LogP contribution < -0.4 is 4.90 Å². The monoisotopic (exact) mass is 336 g/mol. The SMILES string of the molecule is CC1CN(CC(C)(C)O)CCN1c1ncnc2cc(F)c(F)cc12. The van der Waals surface area contributed by atoms with Gasteiger partial charge in [0.1, 0.15) is 12.1 Å². The smallest absolute Gasteiger partial charge is 0.161 e. The number of aliphatic hydroxyl groups is 1. The Morgan fingerprint density at radius 2 is 1.92 bits per heavy atom. The summed E-state index contributed by atoms with van der Waals surface area (Å²) < 4.78 is 27.1. The lowest BCUT2D eigenvalue weighted by molar-refractivity contribution is 0.0307. The van der Waals surface area contributed by atoms with Gasteiger partial charge in [-0.1, -0.05) is 0 Å². The topological polar surface area (TPSA) is 52.5 Å². The third-order valence-electron chi connectivity index (χ3n) is 4.25. The van der Waals surface area contributed by atoms with Gasteiger partial charge >= 0.3 is 0 Å². The lowest BCUT2D eigenvalue weighted by Gasteiger charge is -2.42. The maximum atomic E-state index is 13.7. The molecule has 1 fully saturated rings. The molecule has 1 aromatic heterocycles. The molecule has 1 saturated heterocycles. The minimum absolute atomic E-state index is 0.132. The van der Waals surface area contributed by atoms with Crippen molar-refractivity contribution >= 4 is 16.7 Å². The zero-order valence-corrected chi connectivity index (χ0v) is 14.1. The van der Waals surface area contributed by atoms with E-state index in [0.717, 1.165) is 25.2 Å². The summed E-state index contributed by atoms with van der Waals surface area (Å²) in [4.78, 5) is 12.6. The fourth-order valence-electron chi connectivity index (χ4n) is 3.30. The van der Waals surface area contributed by atoms with Crippen LogP contribution in [0.4, 0.5) is 14.6 Å². The zero-order valence-electron chi connectivity index (χ0n) is 14.1. The maximum absolute atomic E-state index is 13.7. The van der Waals surface area contributed by atoms with Gasteiger partial charge in [0.05, 0.1) is 11.1 Å². The first-order chi connectivity index (χ1) is 11.2. The van der Waals surface area contributed by atoms with Gasteiger partial charge in [-0.05, 0) is 26.8 Å². The van der Waals surface area contributed by atoms with Crippen molar-refractivity contribution in [2.75, 3.05) is 31.1 Å². The fraction of sp³-hybridized carbons (Fsp3) is 0.529. The number of anilines is 1. The molecule has 0 aliphatic carbocycles. The van der Waals surface area contributed by atoms with E-state index >= 15 is 0 Å². The first kappa shape index (κ1) is 17.0. The summed E-state index contributed by atoms with van der Waals surface area (Å²) >= 11 is 0. The minimum atomic E-state index is -0.907. The normalized spacial score (nSPS) is 19.9. The molecule has 5 nitrogen and oxygen atoms in total. The number of rotatable bonds is 3. The molecule has 0 bridgehead atoms. The highest BCUT2D eigenvalue weighted by Gasteiger charge is 2.29. The molecule has 2 heterocycles. The molecule has 7 heteroatoms. The number of piperazine rings is 1. The average Bonchev–Trinajstić information content (AvgIpc) is 2.47. The van der Waals surface area contributed by atoms with Crippen molar-refractivity contribution in [2.45, 2.75) is 32.4 Å². The van der Waals surface area contributed by atoms with Crippen LogP contribution >= 0.6 is 0 Å². The van der Waals surface area contributed by atoms with E-state index in [1.54, 1.807) is 13.8 Å². The average molecular weight is 336 g/mol. The Morgan fingerprint density at radius 1 is 1.21 bits per heavy atom. The lowest BCUT2D eigenvalue weighted by atomic mass is 10.1. The molecule has 1 unspecified atom stereocenters. The second kappa shape index (κ2) is 6.22. The highest BCUT2D eigenvalue weighted by molar-refractivity contribution is 5.89. The summed E-state index contributed by atoms with van der Waals surface area (Å²) in [5.41, 5.74) is -0.352. The number of aromatic nitrogens is 2. The summed E-state index contributed by atoms with van der Waals surface area (Å²) in [6.07, 6.45) is 1.38. The van der Waals surface area contributed by atoms with E-state index in [9.17, 15) is 13.9 Å². The van der Waals surface area contributed by atoms with Crippen LogP contribution in [0.3, 0.4) is 0 Å². The van der Waals surface area contributed by atoms with Crippen molar-refractivity contribution in [2.24, 2.45) is 0 Å². The summed E-state index contributed by atoms with van der Waals surface area (Å²) in [5, 5.41) is 10.5. The van der Waals surface area contributed by atoms with Gasteiger partial charge < -0.3 is 10.0 Å². The molecule has 1 aromatic carbocycles. The van der Waals surface area contributed by atoms with Gasteiger partial charge in [-0.2, -0.15) is 0 Å². The first-order valence-corrected chi connectivity index (χ1v) is 8.06. The highest BCUT2D eigenvalue weighted by Crippen LogP contribution is 2.28. The van der Waals surface area contributed by atoms with Gasteiger partial charge in [-0.25, -0.2) is 18.7 Å². The molecule has 0 radical (unpaired) electrons. The van der Waals surface area contributed by atoms with Crippen LogP contribution in [0.25, 0.3) is 10.9 Å². The molecule has 0 spiro atoms. The van der Waals surface area contributed by atoms with Crippen LogP contribution in [-0.4, -0.2) is 57.8 Å². The third-order valence-corrected chi connectivity index (χ3v) is 4.25. The van der Waals surface area contributed by atoms with E-state index in [4.69, 9.17) is 0 Å². The van der Waals surface area contributed by atoms with E-state index in [1.807, 2.05) is 0 Å². The van der Waals surface area contributed by atoms with Crippen molar-refractivity contribution < 1.29 is 13.9 Å². The van der Waals surface area contributed by atoms with Crippen LogP contribution in [0.2, 0.25) is 0 Å². The van der Waals surface area contributed by atoms with E-state index in [2.05, 4.69) is 26.7 Å². The van der Waals surface area contributed by atoms with Crippen LogP contribution in [0.15, 0.2) is 18.5 Å². The van der Waals surface area contributed by atoms with Crippen molar-refractivity contribution in [3.05, 3.63) is 30.1 Å². The molecular weight excluding hydrogens is 314 g/mol. The Kier molecular flexibility index (Phi) is 4.40. The molecule has 1 aliphatic rings. The van der Waals surface area contributed by atoms with Crippen molar-refractivity contribution in [3.8, 4) is 0 Å². The molecule has 0 amide bonds. The van der Waals surface area contributed by atoms with Gasteiger partial charge in [0.2, 0.25) is 0 Å². The van der Waals surface area contributed by atoms with E-state index < -0.39 is 17.2 Å². The fourth-order valence-corrected chi connectivity index (χ4v) is 3.30. The Hall–Kier alpha value is -1.86. The van der Waals surface area contributed by atoms with Crippen molar-refractivity contribution in [1.82, 2.24) is 14.9 Å². The molecule has 3 rings (SSSR count). The van der Waals surface area contributed by atoms with Crippen molar-refractivity contribution in [3.63, 3.8) is 0 Å². The van der Waals surface area contributed by atoms with Gasteiger partial charge in [-0.3, -0.25) is 4.90 Å². The molecule has 1 aliphatic heterocycles. The number of benzene rings is 1. The first-order valence-electron chi connectivity index (χ1n) is 8.06. The molecule has 2 aromatic rings. The number of β-amino-alcohol motifs (C(OH)–C–C–N with tert-alkyl or cyclic N) is 1. The molecule has 1 atom stereocenters. The molecule has 0 saturated carbocycles. The number of hydrogen-bond donors (Lipinski definition) is 1. The van der Waals surface area contributed by atoms with Crippen LogP contribution in [0, 0.1) is 11.6 Å². The largest absolute Gasteiger partial charge is 0.389 e. The predicted octanol–water partition coefficient (Wildman–Crippen LogP) is 2.19. The Morgan fingerprint density at radius 3 is 2.58 bits per heavy atom. The molecule has 1 N–H and O–H groups in total. The Bertz CT molecular complexity index is 747. The van der Waals surface area contributed by atoms with Crippen LogP contribution in [-0.2, 0) is 0 Å². The van der Waals surface area contributed by atoms with E-state index in [1.165, 1.54) is 6.33 Å². The number of fused-ring (bicyclic) bond motifs is 1. The third kappa shape index (κ3) is 3.47. The lowest BCUT2D eigenvalue weighted by Crippen LogP contribution is -2.55. The number of halogens is 2. The highest BCUT2D eigenvalue weighted by atomic mass is 19.2. The zero-order chi connectivity index (χ0) is 17.5. The maximum Gasteiger partial charge on any atom is 0.161 e. The van der Waals surface area contributed by atoms with Gasteiger partial charge in [0.15, 0.2) is 11.6 Å².